The van der Waals surface area contributed by atoms with Gasteiger partial charge in [0.1, 0.15) is 5.03 Å². The average Bonchev–Trinajstić information content (AvgIpc) is 2.86. The molecule has 0 aliphatic heterocycles. The monoisotopic (exact) mass is 226 g/mol. The van der Waals surface area contributed by atoms with E-state index in [9.17, 15) is 4.79 Å². The lowest BCUT2D eigenvalue weighted by molar-refractivity contribution is -0.119. The van der Waals surface area contributed by atoms with Gasteiger partial charge in [0, 0.05) is 6.04 Å². The van der Waals surface area contributed by atoms with Crippen LogP contribution in [-0.2, 0) is 4.79 Å². The summed E-state index contributed by atoms with van der Waals surface area (Å²) in [5.74, 6) is 0.512. The maximum absolute atomic E-state index is 11.5. The number of carbonyl (C=O) groups is 1. The van der Waals surface area contributed by atoms with E-state index in [2.05, 4.69) is 20.7 Å². The molecule has 1 aromatic heterocycles. The number of aromatic amines is 1. The number of aromatic nitrogens is 3. The van der Waals surface area contributed by atoms with Crippen LogP contribution in [0.15, 0.2) is 11.2 Å². The summed E-state index contributed by atoms with van der Waals surface area (Å²) >= 11 is 1.40. The second kappa shape index (κ2) is 5.16. The van der Waals surface area contributed by atoms with Crippen molar-refractivity contribution in [3.8, 4) is 0 Å². The molecule has 1 aliphatic rings. The van der Waals surface area contributed by atoms with Crippen LogP contribution in [0.1, 0.15) is 25.7 Å². The summed E-state index contributed by atoms with van der Waals surface area (Å²) in [6.07, 6.45) is 6.34. The third kappa shape index (κ3) is 3.23. The van der Waals surface area contributed by atoms with Gasteiger partial charge in [0.15, 0.2) is 0 Å². The second-order valence-corrected chi connectivity index (χ2v) is 4.64. The number of hydrogen-bond donors (Lipinski definition) is 2. The second-order valence-electron chi connectivity index (χ2n) is 3.65. The van der Waals surface area contributed by atoms with Crippen molar-refractivity contribution in [2.75, 3.05) is 5.75 Å². The van der Waals surface area contributed by atoms with E-state index in [0.717, 1.165) is 17.9 Å². The van der Waals surface area contributed by atoms with Gasteiger partial charge in [-0.2, -0.15) is 10.3 Å². The Kier molecular flexibility index (Phi) is 3.60. The fourth-order valence-electron chi connectivity index (χ4n) is 1.74. The largest absolute Gasteiger partial charge is 0.353 e. The molecular formula is C9H14N4OS. The van der Waals surface area contributed by atoms with Crippen molar-refractivity contribution in [3.05, 3.63) is 6.20 Å². The van der Waals surface area contributed by atoms with Gasteiger partial charge < -0.3 is 5.32 Å². The molecule has 0 spiro atoms. The van der Waals surface area contributed by atoms with Gasteiger partial charge in [-0.1, -0.05) is 24.6 Å². The van der Waals surface area contributed by atoms with Crippen molar-refractivity contribution in [1.82, 2.24) is 20.7 Å². The zero-order chi connectivity index (χ0) is 10.5. The number of rotatable bonds is 4. The van der Waals surface area contributed by atoms with Gasteiger partial charge in [0.25, 0.3) is 0 Å². The maximum Gasteiger partial charge on any atom is 0.230 e. The lowest BCUT2D eigenvalue weighted by Gasteiger charge is -2.10. The maximum atomic E-state index is 11.5. The lowest BCUT2D eigenvalue weighted by Crippen LogP contribution is -2.33. The van der Waals surface area contributed by atoms with E-state index in [-0.39, 0.29) is 5.91 Å². The summed E-state index contributed by atoms with van der Waals surface area (Å²) in [5, 5.41) is 13.8. The van der Waals surface area contributed by atoms with E-state index in [0.29, 0.717) is 11.8 Å². The Labute approximate surface area is 92.4 Å². The molecule has 0 aromatic carbocycles. The first-order chi connectivity index (χ1) is 7.34. The number of hydrogen-bond acceptors (Lipinski definition) is 4. The third-order valence-corrected chi connectivity index (χ3v) is 3.36. The smallest absolute Gasteiger partial charge is 0.230 e. The molecule has 2 N–H and O–H groups in total. The molecule has 1 heterocycles. The fraction of sp³-hybridized carbons (Fsp3) is 0.667. The van der Waals surface area contributed by atoms with Crippen molar-refractivity contribution < 1.29 is 4.79 Å². The van der Waals surface area contributed by atoms with Crippen LogP contribution >= 0.6 is 11.8 Å². The highest BCUT2D eigenvalue weighted by atomic mass is 32.2. The summed E-state index contributed by atoms with van der Waals surface area (Å²) in [5.41, 5.74) is 0. The van der Waals surface area contributed by atoms with Crippen LogP contribution < -0.4 is 5.32 Å². The first-order valence-electron chi connectivity index (χ1n) is 5.12. The Bertz CT molecular complexity index is 308. The Morgan fingerprint density at radius 1 is 1.60 bits per heavy atom. The van der Waals surface area contributed by atoms with Gasteiger partial charge in [-0.25, -0.2) is 0 Å². The average molecular weight is 226 g/mol. The quantitative estimate of drug-likeness (QED) is 0.750. The number of thioether (sulfide) groups is 1. The molecule has 0 saturated heterocycles. The van der Waals surface area contributed by atoms with Gasteiger partial charge in [0.2, 0.25) is 5.91 Å². The van der Waals surface area contributed by atoms with Gasteiger partial charge >= 0.3 is 0 Å². The van der Waals surface area contributed by atoms with Crippen LogP contribution in [0.5, 0.6) is 0 Å². The minimum absolute atomic E-state index is 0.0925. The lowest BCUT2D eigenvalue weighted by atomic mass is 10.2. The van der Waals surface area contributed by atoms with Crippen LogP contribution in [0, 0.1) is 0 Å². The summed E-state index contributed by atoms with van der Waals surface area (Å²) in [6.45, 7) is 0. The van der Waals surface area contributed by atoms with Gasteiger partial charge in [-0.3, -0.25) is 4.79 Å². The minimum Gasteiger partial charge on any atom is -0.353 e. The molecule has 1 fully saturated rings. The Morgan fingerprint density at radius 2 is 2.40 bits per heavy atom. The van der Waals surface area contributed by atoms with Crippen LogP contribution in [0.2, 0.25) is 0 Å². The van der Waals surface area contributed by atoms with Crippen LogP contribution in [0.4, 0.5) is 0 Å². The molecule has 0 unspecified atom stereocenters. The predicted molar refractivity (Wildman–Crippen MR) is 57.5 cm³/mol. The molecule has 1 aromatic rings. The van der Waals surface area contributed by atoms with E-state index in [1.54, 1.807) is 6.20 Å². The Hall–Kier alpha value is -1.04. The van der Waals surface area contributed by atoms with Crippen LogP contribution in [0.25, 0.3) is 0 Å². The molecule has 2 rings (SSSR count). The first-order valence-corrected chi connectivity index (χ1v) is 6.11. The van der Waals surface area contributed by atoms with Gasteiger partial charge in [-0.05, 0) is 12.8 Å². The van der Waals surface area contributed by atoms with E-state index >= 15 is 0 Å². The zero-order valence-electron chi connectivity index (χ0n) is 8.40. The number of carbonyl (C=O) groups excluding carboxylic acids is 1. The Balaban J connectivity index is 1.68. The van der Waals surface area contributed by atoms with E-state index in [4.69, 9.17) is 0 Å². The topological polar surface area (TPSA) is 70.7 Å². The standard InChI is InChI=1S/C9H14N4OS/c14-8(11-7-3-1-2-4-7)6-15-9-5-10-13-12-9/h5,7H,1-4,6H2,(H,11,14)(H,10,12,13). The SMILES string of the molecule is O=C(CSc1cn[nH]n1)NC1CCCC1. The van der Waals surface area contributed by atoms with Crippen molar-refractivity contribution in [2.45, 2.75) is 36.8 Å². The molecule has 15 heavy (non-hydrogen) atoms. The molecule has 1 aliphatic carbocycles. The third-order valence-electron chi connectivity index (χ3n) is 2.46. The Morgan fingerprint density at radius 3 is 3.07 bits per heavy atom. The summed E-state index contributed by atoms with van der Waals surface area (Å²) in [6, 6.07) is 0.399. The van der Waals surface area contributed by atoms with Crippen LogP contribution in [-0.4, -0.2) is 33.1 Å². The number of H-pyrrole nitrogens is 1. The molecular weight excluding hydrogens is 212 g/mol. The molecule has 1 saturated carbocycles. The highest BCUT2D eigenvalue weighted by Gasteiger charge is 2.16. The summed E-state index contributed by atoms with van der Waals surface area (Å²) in [4.78, 5) is 11.5. The molecule has 1 amide bonds. The van der Waals surface area contributed by atoms with E-state index in [1.165, 1.54) is 24.6 Å². The molecule has 0 atom stereocenters. The molecule has 0 radical (unpaired) electrons. The van der Waals surface area contributed by atoms with Crippen molar-refractivity contribution in [1.29, 1.82) is 0 Å². The van der Waals surface area contributed by atoms with Crippen LogP contribution in [0.3, 0.4) is 0 Å². The number of nitrogens with one attached hydrogen (secondary N) is 2. The first kappa shape index (κ1) is 10.5. The van der Waals surface area contributed by atoms with Gasteiger partial charge in [0.05, 0.1) is 11.9 Å². The molecule has 5 nitrogen and oxygen atoms in total. The zero-order valence-corrected chi connectivity index (χ0v) is 9.22. The predicted octanol–water partition coefficient (Wildman–Crippen LogP) is 0.956. The van der Waals surface area contributed by atoms with E-state index < -0.39 is 0 Å². The van der Waals surface area contributed by atoms with Gasteiger partial charge in [-0.15, -0.1) is 5.10 Å². The van der Waals surface area contributed by atoms with E-state index in [1.807, 2.05) is 0 Å². The van der Waals surface area contributed by atoms with Crippen molar-refractivity contribution in [2.24, 2.45) is 0 Å². The molecule has 0 bridgehead atoms. The minimum atomic E-state index is 0.0925. The molecule has 82 valence electrons. The fourth-order valence-corrected chi connectivity index (χ4v) is 2.33. The summed E-state index contributed by atoms with van der Waals surface area (Å²) in [7, 11) is 0. The highest BCUT2D eigenvalue weighted by Crippen LogP contribution is 2.18. The number of nitrogens with zero attached hydrogens (tertiary/aromatic N) is 2. The summed E-state index contributed by atoms with van der Waals surface area (Å²) < 4.78 is 0. The number of amides is 1. The van der Waals surface area contributed by atoms with Crippen molar-refractivity contribution in [3.63, 3.8) is 0 Å². The van der Waals surface area contributed by atoms with Crippen molar-refractivity contribution >= 4 is 17.7 Å². The normalized spacial score (nSPS) is 16.8. The molecule has 6 heteroatoms. The highest BCUT2D eigenvalue weighted by molar-refractivity contribution is 7.99.